The van der Waals surface area contributed by atoms with Gasteiger partial charge >= 0.3 is 0 Å². The highest BCUT2D eigenvalue weighted by Crippen LogP contribution is 2.23. The van der Waals surface area contributed by atoms with Gasteiger partial charge in [0, 0.05) is 29.4 Å². The Bertz CT molecular complexity index is 565. The number of hydrogen-bond donors (Lipinski definition) is 0. The third-order valence-corrected chi connectivity index (χ3v) is 3.55. The van der Waals surface area contributed by atoms with Crippen molar-refractivity contribution in [1.82, 2.24) is 5.16 Å². The van der Waals surface area contributed by atoms with E-state index in [1.165, 1.54) is 0 Å². The summed E-state index contributed by atoms with van der Waals surface area (Å²) >= 11 is 1.62. The summed E-state index contributed by atoms with van der Waals surface area (Å²) in [6.07, 6.45) is 0. The molecule has 2 rings (SSSR count). The van der Waals surface area contributed by atoms with Crippen LogP contribution in [-0.2, 0) is 17.1 Å². The summed E-state index contributed by atoms with van der Waals surface area (Å²) in [5.41, 5.74) is 1.59. The number of methoxy groups -OCH3 is 1. The van der Waals surface area contributed by atoms with Crippen molar-refractivity contribution in [3.63, 3.8) is 0 Å². The van der Waals surface area contributed by atoms with E-state index in [4.69, 9.17) is 9.26 Å². The zero-order valence-electron chi connectivity index (χ0n) is 10.9. The molecule has 0 saturated heterocycles. The lowest BCUT2D eigenvalue weighted by atomic mass is 10.2. The number of aromatic nitrogens is 1. The summed E-state index contributed by atoms with van der Waals surface area (Å²) in [5.74, 6) is 1.50. The number of ketones is 1. The van der Waals surface area contributed by atoms with Crippen molar-refractivity contribution in [2.75, 3.05) is 7.11 Å². The second kappa shape index (κ2) is 6.54. The number of carbonyl (C=O) groups excluding carboxylic acids is 1. The van der Waals surface area contributed by atoms with Crippen molar-refractivity contribution in [1.29, 1.82) is 0 Å². The highest BCUT2D eigenvalue weighted by Gasteiger charge is 2.06. The summed E-state index contributed by atoms with van der Waals surface area (Å²) in [5, 5.41) is 3.96. The third-order valence-electron chi connectivity index (χ3n) is 2.52. The summed E-state index contributed by atoms with van der Waals surface area (Å²) in [6.45, 7) is 2.00. The molecule has 0 bridgehead atoms. The van der Waals surface area contributed by atoms with Gasteiger partial charge < -0.3 is 9.26 Å². The second-order valence-corrected chi connectivity index (χ2v) is 5.14. The van der Waals surface area contributed by atoms with E-state index < -0.39 is 0 Å². The summed E-state index contributed by atoms with van der Waals surface area (Å²) < 4.78 is 10.1. The third kappa shape index (κ3) is 3.94. The van der Waals surface area contributed by atoms with Gasteiger partial charge in [0.1, 0.15) is 6.61 Å². The van der Waals surface area contributed by atoms with Gasteiger partial charge in [-0.3, -0.25) is 4.79 Å². The monoisotopic (exact) mass is 277 g/mol. The fourth-order valence-corrected chi connectivity index (χ4v) is 2.43. The first-order chi connectivity index (χ1) is 9.19. The molecule has 1 heterocycles. The van der Waals surface area contributed by atoms with Crippen LogP contribution in [0.5, 0.6) is 0 Å². The molecule has 0 N–H and O–H groups in total. The van der Waals surface area contributed by atoms with Crippen LogP contribution in [0.2, 0.25) is 0 Å². The minimum Gasteiger partial charge on any atom is -0.377 e. The normalized spacial score (nSPS) is 10.6. The molecule has 0 aliphatic rings. The maximum atomic E-state index is 11.3. The molecule has 2 aromatic rings. The van der Waals surface area contributed by atoms with Crippen LogP contribution in [0.4, 0.5) is 0 Å². The molecule has 0 unspecified atom stereocenters. The lowest BCUT2D eigenvalue weighted by Gasteiger charge is -2.01. The molecule has 0 amide bonds. The Morgan fingerprint density at radius 2 is 2.26 bits per heavy atom. The zero-order chi connectivity index (χ0) is 13.7. The smallest absolute Gasteiger partial charge is 0.162 e. The number of Topliss-reactive ketones (excluding diaryl/α,β-unsaturated/α-hetero) is 1. The van der Waals surface area contributed by atoms with E-state index in [1.54, 1.807) is 25.8 Å². The minimum absolute atomic E-state index is 0.0752. The molecule has 0 fully saturated rings. The van der Waals surface area contributed by atoms with Crippen LogP contribution in [0.25, 0.3) is 0 Å². The summed E-state index contributed by atoms with van der Waals surface area (Å²) in [4.78, 5) is 12.3. The summed E-state index contributed by atoms with van der Waals surface area (Å²) in [6, 6.07) is 9.46. The van der Waals surface area contributed by atoms with Crippen LogP contribution in [-0.4, -0.2) is 18.0 Å². The van der Waals surface area contributed by atoms with Crippen molar-refractivity contribution < 1.29 is 14.1 Å². The summed E-state index contributed by atoms with van der Waals surface area (Å²) in [7, 11) is 1.62. The standard InChI is InChI=1S/C14H15NO3S/c1-10(16)11-4-3-5-14(6-11)19-9-12-7-13(8-17-2)18-15-12/h3-7H,8-9H2,1-2H3. The molecule has 100 valence electrons. The van der Waals surface area contributed by atoms with Crippen LogP contribution >= 0.6 is 11.8 Å². The first-order valence-electron chi connectivity index (χ1n) is 5.86. The van der Waals surface area contributed by atoms with Crippen molar-refractivity contribution in [3.05, 3.63) is 47.3 Å². The van der Waals surface area contributed by atoms with Gasteiger partial charge in [-0.15, -0.1) is 11.8 Å². The SMILES string of the molecule is COCc1cc(CSc2cccc(C(C)=O)c2)no1. The van der Waals surface area contributed by atoms with Crippen molar-refractivity contribution in [2.45, 2.75) is 24.2 Å². The van der Waals surface area contributed by atoms with Crippen molar-refractivity contribution >= 4 is 17.5 Å². The number of hydrogen-bond acceptors (Lipinski definition) is 5. The van der Waals surface area contributed by atoms with Gasteiger partial charge in [-0.1, -0.05) is 17.3 Å². The number of benzene rings is 1. The molecule has 0 spiro atoms. The highest BCUT2D eigenvalue weighted by atomic mass is 32.2. The Morgan fingerprint density at radius 1 is 1.42 bits per heavy atom. The van der Waals surface area contributed by atoms with E-state index in [1.807, 2.05) is 30.3 Å². The molecule has 1 aromatic carbocycles. The number of nitrogens with zero attached hydrogens (tertiary/aromatic N) is 1. The first kappa shape index (κ1) is 13.8. The van der Waals surface area contributed by atoms with Crippen LogP contribution in [0.3, 0.4) is 0 Å². The van der Waals surface area contributed by atoms with Crippen LogP contribution < -0.4 is 0 Å². The Kier molecular flexibility index (Phi) is 4.76. The van der Waals surface area contributed by atoms with E-state index in [2.05, 4.69) is 5.16 Å². The Balaban J connectivity index is 1.97. The Hall–Kier alpha value is -1.59. The average molecular weight is 277 g/mol. The predicted octanol–water partition coefficient (Wildman–Crippen LogP) is 3.32. The minimum atomic E-state index is 0.0752. The van der Waals surface area contributed by atoms with E-state index >= 15 is 0 Å². The average Bonchev–Trinajstić information content (AvgIpc) is 2.85. The lowest BCUT2D eigenvalue weighted by Crippen LogP contribution is -1.91. The molecule has 5 heteroatoms. The molecular formula is C14H15NO3S. The Morgan fingerprint density at radius 3 is 3.00 bits per heavy atom. The molecule has 19 heavy (non-hydrogen) atoms. The topological polar surface area (TPSA) is 52.3 Å². The number of thioether (sulfide) groups is 1. The van der Waals surface area contributed by atoms with E-state index in [-0.39, 0.29) is 5.78 Å². The van der Waals surface area contributed by atoms with Crippen LogP contribution in [0, 0.1) is 0 Å². The number of ether oxygens (including phenoxy) is 1. The van der Waals surface area contributed by atoms with E-state index in [9.17, 15) is 4.79 Å². The molecule has 4 nitrogen and oxygen atoms in total. The molecule has 0 radical (unpaired) electrons. The van der Waals surface area contributed by atoms with E-state index in [0.717, 1.165) is 21.9 Å². The maximum absolute atomic E-state index is 11.3. The molecular weight excluding hydrogens is 262 g/mol. The largest absolute Gasteiger partial charge is 0.377 e. The molecule has 0 saturated carbocycles. The van der Waals surface area contributed by atoms with Gasteiger partial charge in [0.05, 0.1) is 5.69 Å². The van der Waals surface area contributed by atoms with Crippen molar-refractivity contribution in [2.24, 2.45) is 0 Å². The first-order valence-corrected chi connectivity index (χ1v) is 6.85. The molecule has 0 atom stereocenters. The van der Waals surface area contributed by atoms with Gasteiger partial charge in [0.2, 0.25) is 0 Å². The van der Waals surface area contributed by atoms with Gasteiger partial charge in [0.25, 0.3) is 0 Å². The maximum Gasteiger partial charge on any atom is 0.162 e. The van der Waals surface area contributed by atoms with Crippen LogP contribution in [0.1, 0.15) is 28.7 Å². The Labute approximate surface area is 116 Å². The second-order valence-electron chi connectivity index (χ2n) is 4.09. The molecule has 0 aliphatic carbocycles. The van der Waals surface area contributed by atoms with Gasteiger partial charge in [-0.2, -0.15) is 0 Å². The molecule has 1 aromatic heterocycles. The fraction of sp³-hybridized carbons (Fsp3) is 0.286. The zero-order valence-corrected chi connectivity index (χ0v) is 11.7. The quantitative estimate of drug-likeness (QED) is 0.599. The number of rotatable bonds is 6. The predicted molar refractivity (Wildman–Crippen MR) is 73.2 cm³/mol. The van der Waals surface area contributed by atoms with Crippen LogP contribution in [0.15, 0.2) is 39.8 Å². The van der Waals surface area contributed by atoms with Crippen molar-refractivity contribution in [3.8, 4) is 0 Å². The van der Waals surface area contributed by atoms with E-state index in [0.29, 0.717) is 12.4 Å². The molecule has 0 aliphatic heterocycles. The highest BCUT2D eigenvalue weighted by molar-refractivity contribution is 7.98. The van der Waals surface area contributed by atoms with Gasteiger partial charge in [-0.05, 0) is 19.1 Å². The van der Waals surface area contributed by atoms with Gasteiger partial charge in [0.15, 0.2) is 11.5 Å². The fourth-order valence-electron chi connectivity index (χ4n) is 1.60. The lowest BCUT2D eigenvalue weighted by molar-refractivity contribution is 0.101. The van der Waals surface area contributed by atoms with Gasteiger partial charge in [-0.25, -0.2) is 0 Å². The number of carbonyl (C=O) groups is 1.